The van der Waals surface area contributed by atoms with E-state index >= 15 is 0 Å². The SMILES string of the molecule is CNC(=O)C1CC2(CCN(C(=O)CC(C)(C)C)CC2)CN1c1ccc(C#N)c(C(F)(F)F)c1. The normalized spacial score (nSPS) is 20.6. The molecule has 3 rings (SSSR count). The first kappa shape index (κ1) is 24.9. The number of carbonyl (C=O) groups is 2. The van der Waals surface area contributed by atoms with E-state index in [1.165, 1.54) is 13.1 Å². The van der Waals surface area contributed by atoms with Gasteiger partial charge in [0.25, 0.3) is 0 Å². The Balaban J connectivity index is 1.84. The van der Waals surface area contributed by atoms with Crippen LogP contribution < -0.4 is 10.2 Å². The summed E-state index contributed by atoms with van der Waals surface area (Å²) in [5, 5.41) is 11.7. The largest absolute Gasteiger partial charge is 0.417 e. The summed E-state index contributed by atoms with van der Waals surface area (Å²) in [5.41, 5.74) is -1.53. The molecule has 9 heteroatoms. The van der Waals surface area contributed by atoms with Crippen LogP contribution in [0.25, 0.3) is 0 Å². The fraction of sp³-hybridized carbons (Fsp3) is 0.625. The lowest BCUT2D eigenvalue weighted by Crippen LogP contribution is -2.45. The van der Waals surface area contributed by atoms with Crippen LogP contribution >= 0.6 is 0 Å². The van der Waals surface area contributed by atoms with Gasteiger partial charge in [-0.2, -0.15) is 18.4 Å². The summed E-state index contributed by atoms with van der Waals surface area (Å²) < 4.78 is 40.6. The molecule has 1 aromatic rings. The predicted molar refractivity (Wildman–Crippen MR) is 118 cm³/mol. The van der Waals surface area contributed by atoms with Crippen molar-refractivity contribution in [3.05, 3.63) is 29.3 Å². The minimum Gasteiger partial charge on any atom is -0.359 e. The van der Waals surface area contributed by atoms with Gasteiger partial charge in [0.2, 0.25) is 11.8 Å². The average molecular weight is 465 g/mol. The fourth-order valence-corrected chi connectivity index (χ4v) is 4.93. The maximum Gasteiger partial charge on any atom is 0.417 e. The summed E-state index contributed by atoms with van der Waals surface area (Å²) in [4.78, 5) is 28.9. The Morgan fingerprint density at radius 1 is 1.21 bits per heavy atom. The molecule has 1 N–H and O–H groups in total. The zero-order valence-corrected chi connectivity index (χ0v) is 19.6. The van der Waals surface area contributed by atoms with Gasteiger partial charge in [-0.1, -0.05) is 20.8 Å². The fourth-order valence-electron chi connectivity index (χ4n) is 4.93. The van der Waals surface area contributed by atoms with E-state index in [9.17, 15) is 22.8 Å². The van der Waals surface area contributed by atoms with Gasteiger partial charge in [-0.25, -0.2) is 0 Å². The van der Waals surface area contributed by atoms with Crippen LogP contribution in [0.3, 0.4) is 0 Å². The van der Waals surface area contributed by atoms with Gasteiger partial charge in [-0.15, -0.1) is 0 Å². The first-order valence-corrected chi connectivity index (χ1v) is 11.2. The van der Waals surface area contributed by atoms with Crippen molar-refractivity contribution in [1.82, 2.24) is 10.2 Å². The van der Waals surface area contributed by atoms with E-state index in [0.29, 0.717) is 45.3 Å². The minimum atomic E-state index is -4.67. The number of likely N-dealkylation sites (N-methyl/N-ethyl adjacent to an activating group) is 1. The van der Waals surface area contributed by atoms with Gasteiger partial charge in [0.15, 0.2) is 0 Å². The van der Waals surface area contributed by atoms with Gasteiger partial charge >= 0.3 is 6.18 Å². The molecule has 1 aromatic carbocycles. The Morgan fingerprint density at radius 2 is 1.85 bits per heavy atom. The lowest BCUT2D eigenvalue weighted by Gasteiger charge is -2.40. The van der Waals surface area contributed by atoms with Crippen molar-refractivity contribution in [2.24, 2.45) is 10.8 Å². The van der Waals surface area contributed by atoms with E-state index in [-0.39, 0.29) is 28.3 Å². The van der Waals surface area contributed by atoms with Crippen molar-refractivity contribution < 1.29 is 22.8 Å². The summed E-state index contributed by atoms with van der Waals surface area (Å²) in [6.45, 7) is 7.63. The molecule has 0 saturated carbocycles. The number of halogens is 3. The number of carbonyl (C=O) groups excluding carboxylic acids is 2. The number of benzene rings is 1. The molecule has 0 aliphatic carbocycles. The van der Waals surface area contributed by atoms with Crippen molar-refractivity contribution in [2.45, 2.75) is 58.7 Å². The van der Waals surface area contributed by atoms with Gasteiger partial charge in [0.05, 0.1) is 17.2 Å². The molecule has 1 spiro atoms. The highest BCUT2D eigenvalue weighted by Gasteiger charge is 2.49. The van der Waals surface area contributed by atoms with E-state index in [4.69, 9.17) is 5.26 Å². The van der Waals surface area contributed by atoms with Crippen LogP contribution in [0.1, 0.15) is 57.6 Å². The van der Waals surface area contributed by atoms with Crippen molar-refractivity contribution in [3.63, 3.8) is 0 Å². The third-order valence-corrected chi connectivity index (χ3v) is 6.68. The number of anilines is 1. The summed E-state index contributed by atoms with van der Waals surface area (Å²) in [7, 11) is 1.51. The van der Waals surface area contributed by atoms with Gasteiger partial charge in [-0.3, -0.25) is 9.59 Å². The quantitative estimate of drug-likeness (QED) is 0.735. The summed E-state index contributed by atoms with van der Waals surface area (Å²) in [6, 6.07) is 4.60. The molecule has 6 nitrogen and oxygen atoms in total. The monoisotopic (exact) mass is 464 g/mol. The number of likely N-dealkylation sites (tertiary alicyclic amines) is 1. The molecule has 1 atom stereocenters. The third-order valence-electron chi connectivity index (χ3n) is 6.68. The number of hydrogen-bond donors (Lipinski definition) is 1. The molecule has 0 radical (unpaired) electrons. The van der Waals surface area contributed by atoms with E-state index in [0.717, 1.165) is 12.1 Å². The first-order chi connectivity index (χ1) is 15.3. The predicted octanol–water partition coefficient (Wildman–Crippen LogP) is 3.95. The van der Waals surface area contributed by atoms with Crippen molar-refractivity contribution in [3.8, 4) is 6.07 Å². The van der Waals surface area contributed by atoms with E-state index in [1.54, 1.807) is 11.0 Å². The Morgan fingerprint density at radius 3 is 2.36 bits per heavy atom. The van der Waals surface area contributed by atoms with Crippen molar-refractivity contribution in [2.75, 3.05) is 31.6 Å². The Bertz CT molecular complexity index is 954. The van der Waals surface area contributed by atoms with Gasteiger partial charge in [-0.05, 0) is 48.3 Å². The highest BCUT2D eigenvalue weighted by atomic mass is 19.4. The van der Waals surface area contributed by atoms with E-state index in [1.807, 2.05) is 25.7 Å². The molecule has 33 heavy (non-hydrogen) atoms. The Kier molecular flexibility index (Phi) is 6.69. The molecule has 2 saturated heterocycles. The molecule has 0 bridgehead atoms. The molecule has 2 amide bonds. The highest BCUT2D eigenvalue weighted by Crippen LogP contribution is 2.46. The maximum absolute atomic E-state index is 13.5. The second kappa shape index (κ2) is 8.88. The topological polar surface area (TPSA) is 76.4 Å². The molecule has 2 heterocycles. The smallest absolute Gasteiger partial charge is 0.359 e. The number of nitriles is 1. The van der Waals surface area contributed by atoms with Crippen LogP contribution in [-0.2, 0) is 15.8 Å². The summed E-state index contributed by atoms with van der Waals surface area (Å²) in [5.74, 6) is -0.145. The third kappa shape index (κ3) is 5.43. The van der Waals surface area contributed by atoms with Crippen LogP contribution in [-0.4, -0.2) is 49.4 Å². The molecule has 0 aromatic heterocycles. The summed E-state index contributed by atoms with van der Waals surface area (Å²) >= 11 is 0. The van der Waals surface area contributed by atoms with Crippen molar-refractivity contribution in [1.29, 1.82) is 5.26 Å². The lowest BCUT2D eigenvalue weighted by atomic mass is 9.76. The maximum atomic E-state index is 13.5. The number of piperidine rings is 1. The van der Waals surface area contributed by atoms with Crippen LogP contribution in [0.5, 0.6) is 0 Å². The standard InChI is InChI=1S/C24H31F3N4O2/c1-22(2,3)13-20(32)30-9-7-23(8-10-30)12-19(21(33)29-4)31(15-23)17-6-5-16(14-28)18(11-17)24(25,26)27/h5-6,11,19H,7-10,12-13,15H2,1-4H3,(H,29,33). The molecule has 2 aliphatic heterocycles. The zero-order chi connectivity index (χ0) is 24.6. The number of alkyl halides is 3. The molecular weight excluding hydrogens is 433 g/mol. The van der Waals surface area contributed by atoms with Gasteiger partial charge in [0.1, 0.15) is 6.04 Å². The molecule has 2 fully saturated rings. The second-order valence-electron chi connectivity index (χ2n) is 10.4. The van der Waals surface area contributed by atoms with Crippen LogP contribution in [0.4, 0.5) is 18.9 Å². The van der Waals surface area contributed by atoms with Gasteiger partial charge in [0, 0.05) is 38.8 Å². The number of nitrogens with one attached hydrogen (secondary N) is 1. The lowest BCUT2D eigenvalue weighted by molar-refractivity contribution is -0.138. The Hall–Kier alpha value is -2.76. The van der Waals surface area contributed by atoms with E-state index < -0.39 is 23.3 Å². The van der Waals surface area contributed by atoms with Gasteiger partial charge < -0.3 is 15.1 Å². The molecular formula is C24H31F3N4O2. The number of rotatable bonds is 3. The Labute approximate surface area is 192 Å². The number of hydrogen-bond acceptors (Lipinski definition) is 4. The summed E-state index contributed by atoms with van der Waals surface area (Å²) in [6.07, 6.45) is -2.32. The zero-order valence-electron chi connectivity index (χ0n) is 19.6. The molecule has 180 valence electrons. The van der Waals surface area contributed by atoms with E-state index in [2.05, 4.69) is 5.32 Å². The highest BCUT2D eigenvalue weighted by molar-refractivity contribution is 5.86. The average Bonchev–Trinajstić information content (AvgIpc) is 3.10. The van der Waals surface area contributed by atoms with Crippen LogP contribution in [0.2, 0.25) is 0 Å². The number of nitrogens with zero attached hydrogens (tertiary/aromatic N) is 3. The second-order valence-corrected chi connectivity index (χ2v) is 10.4. The van der Waals surface area contributed by atoms with Crippen LogP contribution in [0, 0.1) is 22.2 Å². The van der Waals surface area contributed by atoms with Crippen LogP contribution in [0.15, 0.2) is 18.2 Å². The number of amides is 2. The minimum absolute atomic E-state index is 0.105. The molecule has 2 aliphatic rings. The van der Waals surface area contributed by atoms with Crippen molar-refractivity contribution >= 4 is 17.5 Å². The molecule has 1 unspecified atom stereocenters. The first-order valence-electron chi connectivity index (χ1n) is 11.2.